The van der Waals surface area contributed by atoms with E-state index in [1.165, 1.54) is 0 Å². The molecule has 3 nitrogen and oxygen atoms in total. The van der Waals surface area contributed by atoms with Gasteiger partial charge in [-0.3, -0.25) is 0 Å². The molecule has 0 fully saturated rings. The average molecular weight is 287 g/mol. The van der Waals surface area contributed by atoms with E-state index in [1.807, 2.05) is 19.9 Å². The Hall–Kier alpha value is -0.610. The molecule has 0 aromatic carbocycles. The van der Waals surface area contributed by atoms with Gasteiger partial charge in [0.25, 0.3) is 0 Å². The van der Waals surface area contributed by atoms with Gasteiger partial charge in [0.05, 0.1) is 6.10 Å². The highest BCUT2D eigenvalue weighted by Crippen LogP contribution is 2.17. The van der Waals surface area contributed by atoms with E-state index in [9.17, 15) is 5.11 Å². The first-order valence-electron chi connectivity index (χ1n) is 5.53. The van der Waals surface area contributed by atoms with Gasteiger partial charge in [-0.15, -0.1) is 0 Å². The van der Waals surface area contributed by atoms with Gasteiger partial charge in [0.2, 0.25) is 0 Å². The molecule has 16 heavy (non-hydrogen) atoms. The molecule has 0 unspecified atom stereocenters. The lowest BCUT2D eigenvalue weighted by Gasteiger charge is -2.15. The van der Waals surface area contributed by atoms with Crippen LogP contribution in [0.15, 0.2) is 16.7 Å². The van der Waals surface area contributed by atoms with Gasteiger partial charge < -0.3 is 10.4 Å². The van der Waals surface area contributed by atoms with Crippen molar-refractivity contribution in [2.24, 2.45) is 5.92 Å². The van der Waals surface area contributed by atoms with Crippen LogP contribution in [-0.4, -0.2) is 22.7 Å². The second-order valence-electron chi connectivity index (χ2n) is 4.39. The first kappa shape index (κ1) is 13.5. The van der Waals surface area contributed by atoms with E-state index < -0.39 is 0 Å². The number of anilines is 1. The summed E-state index contributed by atoms with van der Waals surface area (Å²) in [5, 5.41) is 12.6. The molecule has 0 aliphatic rings. The summed E-state index contributed by atoms with van der Waals surface area (Å²) in [6, 6.07) is 2.04. The Morgan fingerprint density at radius 1 is 1.50 bits per heavy atom. The van der Waals surface area contributed by atoms with Gasteiger partial charge in [-0.2, -0.15) is 0 Å². The van der Waals surface area contributed by atoms with E-state index >= 15 is 0 Å². The maximum atomic E-state index is 9.26. The molecule has 0 saturated heterocycles. The zero-order valence-corrected chi connectivity index (χ0v) is 11.6. The van der Waals surface area contributed by atoms with Crippen LogP contribution in [0.4, 0.5) is 5.82 Å². The van der Waals surface area contributed by atoms with Gasteiger partial charge in [0, 0.05) is 17.2 Å². The fourth-order valence-electron chi connectivity index (χ4n) is 1.66. The van der Waals surface area contributed by atoms with E-state index in [2.05, 4.69) is 33.2 Å². The van der Waals surface area contributed by atoms with Crippen molar-refractivity contribution >= 4 is 21.7 Å². The lowest BCUT2D eigenvalue weighted by molar-refractivity contribution is 0.166. The third-order valence-corrected chi connectivity index (χ3v) is 2.84. The van der Waals surface area contributed by atoms with Crippen LogP contribution in [0.5, 0.6) is 0 Å². The van der Waals surface area contributed by atoms with Crippen molar-refractivity contribution in [3.05, 3.63) is 22.3 Å². The van der Waals surface area contributed by atoms with Gasteiger partial charge >= 0.3 is 0 Å². The summed E-state index contributed by atoms with van der Waals surface area (Å²) in [5.41, 5.74) is 1.12. The van der Waals surface area contributed by atoms with E-state index in [0.717, 1.165) is 28.8 Å². The second-order valence-corrected chi connectivity index (χ2v) is 5.31. The summed E-state index contributed by atoms with van der Waals surface area (Å²) in [7, 11) is 0. The molecule has 2 atom stereocenters. The number of halogens is 1. The zero-order valence-electron chi connectivity index (χ0n) is 10.00. The van der Waals surface area contributed by atoms with Gasteiger partial charge in [-0.1, -0.05) is 6.92 Å². The fraction of sp³-hybridized carbons (Fsp3) is 0.583. The highest BCUT2D eigenvalue weighted by molar-refractivity contribution is 9.10. The van der Waals surface area contributed by atoms with Gasteiger partial charge in [-0.25, -0.2) is 4.98 Å². The van der Waals surface area contributed by atoms with Crippen LogP contribution >= 0.6 is 15.9 Å². The van der Waals surface area contributed by atoms with Gasteiger partial charge in [0.1, 0.15) is 5.82 Å². The van der Waals surface area contributed by atoms with Gasteiger partial charge in [0.15, 0.2) is 0 Å². The van der Waals surface area contributed by atoms with Crippen LogP contribution in [0, 0.1) is 12.8 Å². The Balaban J connectivity index is 2.48. The molecule has 0 aliphatic carbocycles. The highest BCUT2D eigenvalue weighted by Gasteiger charge is 2.07. The van der Waals surface area contributed by atoms with Crippen molar-refractivity contribution in [2.75, 3.05) is 11.9 Å². The fourth-order valence-corrected chi connectivity index (χ4v) is 2.11. The predicted molar refractivity (Wildman–Crippen MR) is 70.6 cm³/mol. The first-order chi connectivity index (χ1) is 7.49. The Bertz CT molecular complexity index is 342. The summed E-state index contributed by atoms with van der Waals surface area (Å²) in [6.07, 6.45) is 2.35. The second kappa shape index (κ2) is 6.21. The molecule has 0 saturated carbocycles. The van der Waals surface area contributed by atoms with Crippen molar-refractivity contribution in [1.82, 2.24) is 4.98 Å². The maximum absolute atomic E-state index is 9.26. The number of hydrogen-bond donors (Lipinski definition) is 2. The molecule has 1 heterocycles. The van der Waals surface area contributed by atoms with Crippen molar-refractivity contribution in [3.63, 3.8) is 0 Å². The van der Waals surface area contributed by atoms with Crippen molar-refractivity contribution < 1.29 is 5.11 Å². The van der Waals surface area contributed by atoms with Crippen LogP contribution in [0.25, 0.3) is 0 Å². The SMILES string of the molecule is Cc1cc(Br)cnc1NC[C@@H](C)C[C@@H](C)O. The van der Waals surface area contributed by atoms with Crippen LogP contribution in [0.1, 0.15) is 25.8 Å². The normalized spacial score (nSPS) is 14.6. The number of nitrogens with zero attached hydrogens (tertiary/aromatic N) is 1. The zero-order chi connectivity index (χ0) is 12.1. The highest BCUT2D eigenvalue weighted by atomic mass is 79.9. The molecule has 1 aromatic heterocycles. The van der Waals surface area contributed by atoms with Crippen molar-refractivity contribution in [3.8, 4) is 0 Å². The van der Waals surface area contributed by atoms with Crippen molar-refractivity contribution in [2.45, 2.75) is 33.3 Å². The molecular weight excluding hydrogens is 268 g/mol. The van der Waals surface area contributed by atoms with E-state index in [4.69, 9.17) is 0 Å². The maximum Gasteiger partial charge on any atom is 0.128 e. The quantitative estimate of drug-likeness (QED) is 0.875. The molecule has 4 heteroatoms. The van der Waals surface area contributed by atoms with E-state index in [0.29, 0.717) is 5.92 Å². The molecule has 0 bridgehead atoms. The number of rotatable bonds is 5. The smallest absolute Gasteiger partial charge is 0.128 e. The molecule has 0 amide bonds. The summed E-state index contributed by atoms with van der Waals surface area (Å²) >= 11 is 3.39. The molecular formula is C12H19BrN2O. The standard InChI is InChI=1S/C12H19BrN2O/c1-8(4-10(3)16)6-14-12-9(2)5-11(13)7-15-12/h5,7-8,10,16H,4,6H2,1-3H3,(H,14,15)/t8-,10+/m0/s1. The molecule has 0 spiro atoms. The van der Waals surface area contributed by atoms with E-state index in [1.54, 1.807) is 6.20 Å². The first-order valence-corrected chi connectivity index (χ1v) is 6.32. The number of hydrogen-bond acceptors (Lipinski definition) is 3. The number of aliphatic hydroxyl groups excluding tert-OH is 1. The molecule has 2 N–H and O–H groups in total. The lowest BCUT2D eigenvalue weighted by atomic mass is 10.0. The minimum Gasteiger partial charge on any atom is -0.393 e. The number of aromatic nitrogens is 1. The Morgan fingerprint density at radius 2 is 2.19 bits per heavy atom. The third-order valence-electron chi connectivity index (χ3n) is 2.41. The van der Waals surface area contributed by atoms with Crippen LogP contribution < -0.4 is 5.32 Å². The summed E-state index contributed by atoms with van der Waals surface area (Å²) in [6.45, 7) is 6.80. The summed E-state index contributed by atoms with van der Waals surface area (Å²) in [4.78, 5) is 4.31. The van der Waals surface area contributed by atoms with Crippen molar-refractivity contribution in [1.29, 1.82) is 0 Å². The minimum absolute atomic E-state index is 0.240. The Labute approximate surface area is 105 Å². The topological polar surface area (TPSA) is 45.2 Å². The predicted octanol–water partition coefficient (Wildman–Crippen LogP) is 2.97. The Morgan fingerprint density at radius 3 is 2.75 bits per heavy atom. The Kier molecular flexibility index (Phi) is 5.22. The van der Waals surface area contributed by atoms with Gasteiger partial charge in [-0.05, 0) is 53.7 Å². The van der Waals surface area contributed by atoms with Crippen LogP contribution in [0.2, 0.25) is 0 Å². The largest absolute Gasteiger partial charge is 0.393 e. The molecule has 90 valence electrons. The summed E-state index contributed by atoms with van der Waals surface area (Å²) in [5.74, 6) is 1.35. The minimum atomic E-state index is -0.240. The molecule has 0 radical (unpaired) electrons. The number of nitrogens with one attached hydrogen (secondary N) is 1. The molecule has 0 aliphatic heterocycles. The molecule has 1 rings (SSSR count). The van der Waals surface area contributed by atoms with Crippen LogP contribution in [-0.2, 0) is 0 Å². The number of aryl methyl sites for hydroxylation is 1. The average Bonchev–Trinajstić information content (AvgIpc) is 2.15. The number of pyridine rings is 1. The molecule has 1 aromatic rings. The third kappa shape index (κ3) is 4.49. The van der Waals surface area contributed by atoms with E-state index in [-0.39, 0.29) is 6.10 Å². The monoisotopic (exact) mass is 286 g/mol. The number of aliphatic hydroxyl groups is 1. The summed E-state index contributed by atoms with van der Waals surface area (Å²) < 4.78 is 0.993. The van der Waals surface area contributed by atoms with Crippen LogP contribution in [0.3, 0.4) is 0 Å². The lowest BCUT2D eigenvalue weighted by Crippen LogP contribution is -2.17.